The summed E-state index contributed by atoms with van der Waals surface area (Å²) in [5, 5.41) is 0. The standard InChI is InChI=1S/Gd.O4Si.Y/c;1-5(2,3)4;/q+3;-4;+3. The van der Waals surface area contributed by atoms with E-state index < -0.39 is 9.05 Å². The maximum absolute atomic E-state index is 8.58. The Morgan fingerprint density at radius 1 is 0.857 bits per heavy atom. The van der Waals surface area contributed by atoms with Crippen molar-refractivity contribution in [2.24, 2.45) is 0 Å². The van der Waals surface area contributed by atoms with Crippen LogP contribution in [-0.2, 0) is 32.7 Å². The van der Waals surface area contributed by atoms with Crippen molar-refractivity contribution in [3.8, 4) is 0 Å². The van der Waals surface area contributed by atoms with Gasteiger partial charge in [-0.3, -0.25) is 0 Å². The number of hydrogen-bond donors (Lipinski definition) is 0. The first-order valence-corrected chi connectivity index (χ1v) is 2.45. The van der Waals surface area contributed by atoms with Crippen molar-refractivity contribution in [2.45, 2.75) is 0 Å². The monoisotopic (exact) mass is 339 g/mol. The van der Waals surface area contributed by atoms with Gasteiger partial charge in [-0.15, -0.1) is 0 Å². The fraction of sp³-hybridized carbons (Fsp3) is 0. The summed E-state index contributed by atoms with van der Waals surface area (Å²) in [6, 6.07) is 0. The molecule has 0 aliphatic heterocycles. The van der Waals surface area contributed by atoms with E-state index in [9.17, 15) is 0 Å². The van der Waals surface area contributed by atoms with Gasteiger partial charge in [-0.25, -0.2) is 0 Å². The molecule has 0 spiro atoms. The Labute approximate surface area is 99.0 Å². The molecule has 0 aromatic carbocycles. The average Bonchev–Trinajstić information content (AvgIpc) is 0.722. The van der Waals surface area contributed by atoms with Crippen LogP contribution in [0.1, 0.15) is 0 Å². The van der Waals surface area contributed by atoms with Crippen LogP contribution in [0, 0.1) is 39.9 Å². The first-order valence-electron chi connectivity index (χ1n) is 0.816. The van der Waals surface area contributed by atoms with Crippen LogP contribution in [0.15, 0.2) is 0 Å². The third kappa shape index (κ3) is 57.8. The Hall–Kier alpha value is 2.49. The minimum atomic E-state index is -5.61. The fourth-order valence-electron chi connectivity index (χ4n) is 0. The Kier molecular flexibility index (Phi) is 15.3. The molecule has 0 heterocycles. The maximum atomic E-state index is 8.58. The van der Waals surface area contributed by atoms with E-state index in [1.807, 2.05) is 0 Å². The molecule has 0 aliphatic rings. The molecule has 0 aliphatic carbocycles. The summed E-state index contributed by atoms with van der Waals surface area (Å²) in [6.07, 6.45) is 0. The first kappa shape index (κ1) is 16.2. The van der Waals surface area contributed by atoms with E-state index in [1.165, 1.54) is 0 Å². The van der Waals surface area contributed by atoms with Crippen molar-refractivity contribution in [3.05, 3.63) is 0 Å². The maximum Gasteiger partial charge on any atom is 3.00 e. The quantitative estimate of drug-likeness (QED) is 0.413. The van der Waals surface area contributed by atoms with Gasteiger partial charge in [0, 0.05) is 0 Å². The zero-order valence-corrected chi connectivity index (χ0v) is 9.17. The largest absolute Gasteiger partial charge is 3.00 e. The van der Waals surface area contributed by atoms with Gasteiger partial charge in [0.2, 0.25) is 0 Å². The van der Waals surface area contributed by atoms with Crippen molar-refractivity contribution < 1.29 is 91.8 Å². The van der Waals surface area contributed by atoms with Crippen LogP contribution in [0.3, 0.4) is 0 Å². The van der Waals surface area contributed by atoms with Crippen molar-refractivity contribution in [1.29, 1.82) is 0 Å². The van der Waals surface area contributed by atoms with E-state index in [-0.39, 0.29) is 72.6 Å². The summed E-state index contributed by atoms with van der Waals surface area (Å²) in [5.41, 5.74) is 0. The van der Waals surface area contributed by atoms with Gasteiger partial charge in [0.15, 0.2) is 0 Å². The molecule has 0 bridgehead atoms. The second-order valence-electron chi connectivity index (χ2n) is 0.500. The minimum absolute atomic E-state index is 0. The summed E-state index contributed by atoms with van der Waals surface area (Å²) in [6.45, 7) is 0. The predicted octanol–water partition coefficient (Wildman–Crippen LogP) is -5.14. The molecule has 0 rings (SSSR count). The molecule has 0 aromatic rings. The van der Waals surface area contributed by atoms with Crippen molar-refractivity contribution in [1.82, 2.24) is 0 Å². The minimum Gasteiger partial charge on any atom is -0.894 e. The van der Waals surface area contributed by atoms with Crippen molar-refractivity contribution >= 4 is 9.05 Å². The smallest absolute Gasteiger partial charge is 0.894 e. The van der Waals surface area contributed by atoms with Gasteiger partial charge >= 0.3 is 72.6 Å². The summed E-state index contributed by atoms with van der Waals surface area (Å²) in [4.78, 5) is 34.3. The van der Waals surface area contributed by atoms with Gasteiger partial charge in [0.25, 0.3) is 0 Å². The molecule has 0 amide bonds. The zero-order chi connectivity index (χ0) is 4.50. The average molecular weight is 338 g/mol. The normalized spacial score (nSPS) is 8.57. The molecule has 0 saturated carbocycles. The second-order valence-corrected chi connectivity index (χ2v) is 1.50. The molecule has 0 atom stereocenters. The molecule has 0 fully saturated rings. The van der Waals surface area contributed by atoms with Gasteiger partial charge in [-0.1, -0.05) is 0 Å². The number of rotatable bonds is 0. The van der Waals surface area contributed by atoms with Gasteiger partial charge < -0.3 is 28.2 Å². The SMILES string of the molecule is [Gd+3].[O-][Si]([O-])([O-])[O-].[Y+3]. The summed E-state index contributed by atoms with van der Waals surface area (Å²) in [7, 11) is -5.61. The van der Waals surface area contributed by atoms with Crippen LogP contribution in [0.5, 0.6) is 0 Å². The van der Waals surface area contributed by atoms with Crippen LogP contribution in [0.25, 0.3) is 0 Å². The third-order valence-corrected chi connectivity index (χ3v) is 0. The van der Waals surface area contributed by atoms with Gasteiger partial charge in [0.1, 0.15) is 0 Å². The molecule has 0 aromatic heterocycles. The Morgan fingerprint density at radius 3 is 0.857 bits per heavy atom. The van der Waals surface area contributed by atoms with E-state index in [4.69, 9.17) is 19.2 Å². The van der Waals surface area contributed by atoms with E-state index in [2.05, 4.69) is 0 Å². The molecule has 37 valence electrons. The predicted molar refractivity (Wildman–Crippen MR) is 5.75 cm³/mol. The third-order valence-electron chi connectivity index (χ3n) is 0. The van der Waals surface area contributed by atoms with Gasteiger partial charge in [-0.05, 0) is 0 Å². The topological polar surface area (TPSA) is 92.2 Å². The molecule has 7 heavy (non-hydrogen) atoms. The second kappa shape index (κ2) is 6.60. The van der Waals surface area contributed by atoms with Crippen LogP contribution in [0.4, 0.5) is 0 Å². The Balaban J connectivity index is -0.0000000800. The van der Waals surface area contributed by atoms with Crippen molar-refractivity contribution in [2.75, 3.05) is 0 Å². The molecular weight excluding hydrogens is 338 g/mol. The molecule has 4 nitrogen and oxygen atoms in total. The zero-order valence-electron chi connectivity index (χ0n) is 3.06. The van der Waals surface area contributed by atoms with E-state index in [0.717, 1.165) is 0 Å². The van der Waals surface area contributed by atoms with Gasteiger partial charge in [0.05, 0.1) is 0 Å². The van der Waals surface area contributed by atoms with E-state index >= 15 is 0 Å². The summed E-state index contributed by atoms with van der Waals surface area (Å²) >= 11 is 0. The molecule has 1 radical (unpaired) electrons. The van der Waals surface area contributed by atoms with Crippen LogP contribution >= 0.6 is 0 Å². The Morgan fingerprint density at radius 2 is 0.857 bits per heavy atom. The van der Waals surface area contributed by atoms with Gasteiger partial charge in [-0.2, -0.15) is 0 Å². The van der Waals surface area contributed by atoms with E-state index in [1.54, 1.807) is 0 Å². The summed E-state index contributed by atoms with van der Waals surface area (Å²) in [5.74, 6) is 0. The van der Waals surface area contributed by atoms with Crippen LogP contribution in [-0.4, -0.2) is 9.05 Å². The summed E-state index contributed by atoms with van der Waals surface area (Å²) < 4.78 is 0. The molecule has 0 N–H and O–H groups in total. The van der Waals surface area contributed by atoms with E-state index in [0.29, 0.717) is 0 Å². The molecular formula is GdO4SiY+2. The molecule has 7 heteroatoms. The van der Waals surface area contributed by atoms with Crippen molar-refractivity contribution in [3.63, 3.8) is 0 Å². The first-order chi connectivity index (χ1) is 2.00. The van der Waals surface area contributed by atoms with Crippen LogP contribution in [0.2, 0.25) is 0 Å². The number of hydrogen-bond acceptors (Lipinski definition) is 4. The fourth-order valence-corrected chi connectivity index (χ4v) is 0. The molecule has 0 unspecified atom stereocenters. The molecule has 0 saturated heterocycles. The van der Waals surface area contributed by atoms with Crippen LogP contribution < -0.4 is 19.2 Å². The Bertz CT molecular complexity index is 27.2.